The van der Waals surface area contributed by atoms with E-state index in [2.05, 4.69) is 0 Å². The number of ether oxygens (including phenoxy) is 3. The molecule has 0 aromatic heterocycles. The molecule has 2 aliphatic rings. The number of benzene rings is 2. The molecule has 2 aromatic carbocycles. The summed E-state index contributed by atoms with van der Waals surface area (Å²) in [6.07, 6.45) is 1.88. The lowest BCUT2D eigenvalue weighted by atomic mass is 9.96. The molecule has 142 valence electrons. The number of nitrogens with zero attached hydrogens (tertiary/aromatic N) is 1. The Labute approximate surface area is 159 Å². The highest BCUT2D eigenvalue weighted by molar-refractivity contribution is 5.94. The van der Waals surface area contributed by atoms with Gasteiger partial charge in [-0.05, 0) is 42.7 Å². The quantitative estimate of drug-likeness (QED) is 0.812. The average Bonchev–Trinajstić information content (AvgIpc) is 3.28. The number of piperidine rings is 1. The van der Waals surface area contributed by atoms with E-state index < -0.39 is 0 Å². The third-order valence-electron chi connectivity index (χ3n) is 5.13. The van der Waals surface area contributed by atoms with Gasteiger partial charge >= 0.3 is 0 Å². The summed E-state index contributed by atoms with van der Waals surface area (Å²) in [6.45, 7) is 3.28. The summed E-state index contributed by atoms with van der Waals surface area (Å²) in [5, 5.41) is 0. The summed E-state index contributed by atoms with van der Waals surface area (Å²) in [7, 11) is 0. The lowest BCUT2D eigenvalue weighted by Gasteiger charge is -2.34. The number of carbonyl (C=O) groups excluding carboxylic acids is 1. The van der Waals surface area contributed by atoms with Crippen molar-refractivity contribution in [2.45, 2.75) is 25.7 Å². The molecule has 2 heterocycles. The van der Waals surface area contributed by atoms with Crippen LogP contribution in [0.4, 0.5) is 0 Å². The molecule has 2 aromatic rings. The number of amides is 1. The first-order chi connectivity index (χ1) is 13.3. The van der Waals surface area contributed by atoms with Crippen molar-refractivity contribution in [1.82, 2.24) is 4.90 Å². The highest BCUT2D eigenvalue weighted by atomic mass is 16.7. The second kappa shape index (κ2) is 8.55. The molecule has 0 bridgehead atoms. The van der Waals surface area contributed by atoms with E-state index in [9.17, 15) is 4.79 Å². The molecule has 0 aliphatic carbocycles. The zero-order valence-corrected chi connectivity index (χ0v) is 15.4. The molecular weight excluding hydrogens is 342 g/mol. The molecule has 0 saturated carbocycles. The minimum absolute atomic E-state index is 0.0771. The predicted molar refractivity (Wildman–Crippen MR) is 102 cm³/mol. The topological polar surface area (TPSA) is 48.0 Å². The van der Waals surface area contributed by atoms with Gasteiger partial charge in [-0.3, -0.25) is 4.79 Å². The third kappa shape index (κ3) is 4.49. The van der Waals surface area contributed by atoms with E-state index in [-0.39, 0.29) is 18.1 Å². The maximum Gasteiger partial charge on any atom is 0.253 e. The van der Waals surface area contributed by atoms with Gasteiger partial charge < -0.3 is 19.1 Å². The highest BCUT2D eigenvalue weighted by Gasteiger charge is 2.33. The van der Waals surface area contributed by atoms with Crippen molar-refractivity contribution < 1.29 is 19.0 Å². The van der Waals surface area contributed by atoms with Crippen molar-refractivity contribution in [2.75, 3.05) is 26.3 Å². The second-order valence-electron chi connectivity index (χ2n) is 7.06. The molecule has 1 atom stereocenters. The lowest BCUT2D eigenvalue weighted by Crippen LogP contribution is -2.43. The van der Waals surface area contributed by atoms with Crippen LogP contribution in [0.1, 0.15) is 28.8 Å². The predicted octanol–water partition coefficient (Wildman–Crippen LogP) is 3.49. The Morgan fingerprint density at radius 1 is 1.04 bits per heavy atom. The first-order valence-electron chi connectivity index (χ1n) is 9.59. The molecule has 0 radical (unpaired) electrons. The van der Waals surface area contributed by atoms with Crippen LogP contribution < -0.4 is 4.74 Å². The molecular formula is C22H25NO4. The fourth-order valence-corrected chi connectivity index (χ4v) is 3.67. The van der Waals surface area contributed by atoms with Gasteiger partial charge in [-0.15, -0.1) is 0 Å². The zero-order valence-electron chi connectivity index (χ0n) is 15.4. The number of carbonyl (C=O) groups is 1. The van der Waals surface area contributed by atoms with E-state index in [0.29, 0.717) is 31.9 Å². The maximum absolute atomic E-state index is 12.9. The van der Waals surface area contributed by atoms with Gasteiger partial charge in [-0.1, -0.05) is 30.3 Å². The normalized spacial score (nSPS) is 20.6. The Bertz CT molecular complexity index is 741. The minimum atomic E-state index is -0.155. The van der Waals surface area contributed by atoms with Crippen LogP contribution >= 0.6 is 0 Å². The van der Waals surface area contributed by atoms with Gasteiger partial charge in [0, 0.05) is 24.6 Å². The fraction of sp³-hybridized carbons (Fsp3) is 0.409. The SMILES string of the molecule is O=C(c1ccc(COc2ccccc2)cc1)N1CCCC(C2OCCO2)C1. The Morgan fingerprint density at radius 2 is 1.78 bits per heavy atom. The Hall–Kier alpha value is -2.37. The van der Waals surface area contributed by atoms with E-state index in [0.717, 1.165) is 30.7 Å². The fourth-order valence-electron chi connectivity index (χ4n) is 3.67. The third-order valence-corrected chi connectivity index (χ3v) is 5.13. The van der Waals surface area contributed by atoms with Gasteiger partial charge in [0.25, 0.3) is 5.91 Å². The van der Waals surface area contributed by atoms with Crippen LogP contribution in [0.25, 0.3) is 0 Å². The first kappa shape index (κ1) is 18.0. The van der Waals surface area contributed by atoms with Gasteiger partial charge in [0.1, 0.15) is 12.4 Å². The maximum atomic E-state index is 12.9. The van der Waals surface area contributed by atoms with E-state index in [4.69, 9.17) is 14.2 Å². The largest absolute Gasteiger partial charge is 0.489 e. The summed E-state index contributed by atoms with van der Waals surface area (Å²) in [5.74, 6) is 1.19. The van der Waals surface area contributed by atoms with Crippen molar-refractivity contribution in [3.8, 4) is 5.75 Å². The van der Waals surface area contributed by atoms with Crippen molar-refractivity contribution in [1.29, 1.82) is 0 Å². The summed E-state index contributed by atoms with van der Waals surface area (Å²) >= 11 is 0. The van der Waals surface area contributed by atoms with Crippen LogP contribution in [0, 0.1) is 5.92 Å². The monoisotopic (exact) mass is 367 g/mol. The van der Waals surface area contributed by atoms with Gasteiger partial charge in [-0.25, -0.2) is 0 Å². The second-order valence-corrected chi connectivity index (χ2v) is 7.06. The molecule has 27 heavy (non-hydrogen) atoms. The van der Waals surface area contributed by atoms with Crippen LogP contribution in [0.5, 0.6) is 5.75 Å². The van der Waals surface area contributed by atoms with Gasteiger partial charge in [0.05, 0.1) is 13.2 Å². The van der Waals surface area contributed by atoms with Crippen molar-refractivity contribution >= 4 is 5.91 Å². The Morgan fingerprint density at radius 3 is 2.52 bits per heavy atom. The van der Waals surface area contributed by atoms with Crippen LogP contribution in [0.2, 0.25) is 0 Å². The van der Waals surface area contributed by atoms with Crippen LogP contribution in [0.3, 0.4) is 0 Å². The van der Waals surface area contributed by atoms with Gasteiger partial charge in [0.15, 0.2) is 6.29 Å². The molecule has 0 N–H and O–H groups in total. The number of likely N-dealkylation sites (tertiary alicyclic amines) is 1. The molecule has 5 nitrogen and oxygen atoms in total. The molecule has 1 unspecified atom stereocenters. The summed E-state index contributed by atoms with van der Waals surface area (Å²) in [6, 6.07) is 17.4. The molecule has 2 fully saturated rings. The molecule has 1 amide bonds. The summed E-state index contributed by atoms with van der Waals surface area (Å²) in [4.78, 5) is 14.8. The van der Waals surface area contributed by atoms with E-state index in [1.54, 1.807) is 0 Å². The van der Waals surface area contributed by atoms with E-state index in [1.807, 2.05) is 59.5 Å². The summed E-state index contributed by atoms with van der Waals surface area (Å²) < 4.78 is 17.0. The van der Waals surface area contributed by atoms with Gasteiger partial charge in [-0.2, -0.15) is 0 Å². The zero-order chi connectivity index (χ0) is 18.5. The highest BCUT2D eigenvalue weighted by Crippen LogP contribution is 2.26. The molecule has 2 saturated heterocycles. The van der Waals surface area contributed by atoms with E-state index in [1.165, 1.54) is 0 Å². The van der Waals surface area contributed by atoms with E-state index >= 15 is 0 Å². The van der Waals surface area contributed by atoms with Crippen molar-refractivity contribution in [3.63, 3.8) is 0 Å². The number of rotatable bonds is 5. The van der Waals surface area contributed by atoms with Crippen LogP contribution in [-0.2, 0) is 16.1 Å². The smallest absolute Gasteiger partial charge is 0.253 e. The molecule has 5 heteroatoms. The van der Waals surface area contributed by atoms with Crippen LogP contribution in [0.15, 0.2) is 54.6 Å². The minimum Gasteiger partial charge on any atom is -0.489 e. The molecule has 2 aliphatic heterocycles. The Balaban J connectivity index is 1.34. The van der Waals surface area contributed by atoms with Crippen molar-refractivity contribution in [2.24, 2.45) is 5.92 Å². The van der Waals surface area contributed by atoms with Crippen molar-refractivity contribution in [3.05, 3.63) is 65.7 Å². The first-order valence-corrected chi connectivity index (χ1v) is 9.59. The average molecular weight is 367 g/mol. The molecule has 0 spiro atoms. The van der Waals surface area contributed by atoms with Gasteiger partial charge in [0.2, 0.25) is 0 Å². The number of hydrogen-bond acceptors (Lipinski definition) is 4. The van der Waals surface area contributed by atoms with Crippen LogP contribution in [-0.4, -0.2) is 43.4 Å². The summed E-state index contributed by atoms with van der Waals surface area (Å²) in [5.41, 5.74) is 1.76. The Kier molecular flexibility index (Phi) is 5.70. The molecule has 4 rings (SSSR count). The standard InChI is InChI=1S/C22H25NO4/c24-21(23-12-4-5-19(15-23)22-25-13-14-26-22)18-10-8-17(9-11-18)16-27-20-6-2-1-3-7-20/h1-3,6-11,19,22H,4-5,12-16H2. The number of para-hydroxylation sites is 1. The lowest BCUT2D eigenvalue weighted by molar-refractivity contribution is -0.0969. The number of hydrogen-bond donors (Lipinski definition) is 0.